The quantitative estimate of drug-likeness (QED) is 0.142. The maximum atomic E-state index is 12.9. The van der Waals surface area contributed by atoms with E-state index in [9.17, 15) is 24.6 Å². The monoisotopic (exact) mass is 604 g/mol. The molecule has 7 N–H and O–H groups in total. The highest BCUT2D eigenvalue weighted by Crippen LogP contribution is 2.32. The molecule has 0 bridgehead atoms. The number of nitrogens with one attached hydrogen (secondary N) is 5. The predicted molar refractivity (Wildman–Crippen MR) is 157 cm³/mol. The van der Waals surface area contributed by atoms with Crippen LogP contribution in [0.25, 0.3) is 11.2 Å². The highest BCUT2D eigenvalue weighted by Gasteiger charge is 2.47. The summed E-state index contributed by atoms with van der Waals surface area (Å²) in [4.78, 5) is 52.8. The van der Waals surface area contributed by atoms with Gasteiger partial charge >= 0.3 is 6.03 Å². The van der Waals surface area contributed by atoms with Crippen molar-refractivity contribution in [2.75, 3.05) is 45.1 Å². The van der Waals surface area contributed by atoms with Gasteiger partial charge in [0.2, 0.25) is 5.82 Å². The third kappa shape index (κ3) is 7.49. The van der Waals surface area contributed by atoms with Gasteiger partial charge in [0.15, 0.2) is 29.3 Å². The van der Waals surface area contributed by atoms with Crippen LogP contribution in [-0.2, 0) is 9.53 Å². The number of aliphatic hydroxyl groups excluding tert-OH is 2. The molecule has 16 nitrogen and oxygen atoms in total. The van der Waals surface area contributed by atoms with Gasteiger partial charge in [0, 0.05) is 51.9 Å². The molecule has 1 aliphatic heterocycles. The SMILES string of the molecule is CCNC(=O)[C@H]1O[C@@H](n2cnc3c(NC)nc(C(=O)NCCNC(=O)NCCN(C(C)C)C4CCCC4)nc32)[C@H](O)[C@@H]1O. The maximum Gasteiger partial charge on any atom is 0.314 e. The summed E-state index contributed by atoms with van der Waals surface area (Å²) in [5.41, 5.74) is 0.455. The number of likely N-dealkylation sites (N-methyl/N-ethyl adjacent to an activating group) is 1. The van der Waals surface area contributed by atoms with E-state index in [-0.39, 0.29) is 36.4 Å². The van der Waals surface area contributed by atoms with E-state index in [4.69, 9.17) is 4.74 Å². The lowest BCUT2D eigenvalue weighted by Gasteiger charge is -2.32. The van der Waals surface area contributed by atoms with E-state index in [1.165, 1.54) is 36.6 Å². The van der Waals surface area contributed by atoms with Crippen LogP contribution in [0.5, 0.6) is 0 Å². The van der Waals surface area contributed by atoms with Crippen LogP contribution in [0.15, 0.2) is 6.33 Å². The lowest BCUT2D eigenvalue weighted by Crippen LogP contribution is -2.46. The van der Waals surface area contributed by atoms with E-state index in [0.29, 0.717) is 30.7 Å². The Morgan fingerprint density at radius 2 is 1.74 bits per heavy atom. The lowest BCUT2D eigenvalue weighted by atomic mass is 10.1. The molecule has 4 rings (SSSR count). The molecule has 1 aliphatic carbocycles. The van der Waals surface area contributed by atoms with Crippen molar-refractivity contribution in [3.63, 3.8) is 0 Å². The number of ether oxygens (including phenoxy) is 1. The second kappa shape index (κ2) is 14.7. The van der Waals surface area contributed by atoms with Crippen LogP contribution >= 0.6 is 0 Å². The van der Waals surface area contributed by atoms with Gasteiger partial charge in [-0.3, -0.25) is 19.1 Å². The average Bonchev–Trinajstić information content (AvgIpc) is 3.73. The maximum absolute atomic E-state index is 12.9. The zero-order valence-corrected chi connectivity index (χ0v) is 25.2. The number of hydrogen-bond donors (Lipinski definition) is 7. The summed E-state index contributed by atoms with van der Waals surface area (Å²) >= 11 is 0. The van der Waals surface area contributed by atoms with Crippen molar-refractivity contribution in [2.24, 2.45) is 0 Å². The van der Waals surface area contributed by atoms with Crippen molar-refractivity contribution in [3.8, 4) is 0 Å². The Bertz CT molecular complexity index is 1270. The van der Waals surface area contributed by atoms with Gasteiger partial charge in [-0.05, 0) is 33.6 Å². The average molecular weight is 605 g/mol. The molecule has 0 aromatic carbocycles. The second-order valence-electron chi connectivity index (χ2n) is 11.0. The molecule has 3 heterocycles. The van der Waals surface area contributed by atoms with Crippen molar-refractivity contribution in [1.29, 1.82) is 0 Å². The van der Waals surface area contributed by atoms with Crippen LogP contribution < -0.4 is 26.6 Å². The lowest BCUT2D eigenvalue weighted by molar-refractivity contribution is -0.137. The first kappa shape index (κ1) is 32.3. The molecule has 43 heavy (non-hydrogen) atoms. The summed E-state index contributed by atoms with van der Waals surface area (Å²) in [6.07, 6.45) is 0.847. The molecule has 2 aromatic rings. The van der Waals surface area contributed by atoms with Crippen LogP contribution in [0, 0.1) is 0 Å². The Morgan fingerprint density at radius 3 is 2.42 bits per heavy atom. The van der Waals surface area contributed by atoms with Gasteiger partial charge in [0.25, 0.3) is 11.8 Å². The fourth-order valence-electron chi connectivity index (χ4n) is 5.65. The third-order valence-electron chi connectivity index (χ3n) is 7.79. The molecule has 4 amide bonds. The predicted octanol–water partition coefficient (Wildman–Crippen LogP) is -0.695. The van der Waals surface area contributed by atoms with Crippen molar-refractivity contribution >= 4 is 34.8 Å². The highest BCUT2D eigenvalue weighted by molar-refractivity contribution is 5.94. The molecule has 1 saturated carbocycles. The minimum atomic E-state index is -1.48. The minimum absolute atomic E-state index is 0.132. The summed E-state index contributed by atoms with van der Waals surface area (Å²) < 4.78 is 7.04. The Balaban J connectivity index is 1.32. The number of carbonyl (C=O) groups is 3. The van der Waals surface area contributed by atoms with Gasteiger partial charge in [-0.25, -0.2) is 19.7 Å². The van der Waals surface area contributed by atoms with E-state index in [0.717, 1.165) is 6.54 Å². The Kier molecular flexibility index (Phi) is 11.1. The van der Waals surface area contributed by atoms with Gasteiger partial charge in [-0.15, -0.1) is 0 Å². The molecular formula is C27H44N10O6. The van der Waals surface area contributed by atoms with E-state index in [1.807, 2.05) is 0 Å². The number of fused-ring (bicyclic) bond motifs is 1. The van der Waals surface area contributed by atoms with Gasteiger partial charge < -0.3 is 41.5 Å². The molecule has 1 saturated heterocycles. The molecular weight excluding hydrogens is 560 g/mol. The standard InChI is InChI=1S/C27H44N10O6/c1-5-29-24(40)20-18(38)19(39)26(43-20)37-14-33-17-21(28-4)34-22(35-23(17)37)25(41)30-10-11-31-27(42)32-12-13-36(15(2)3)16-8-6-7-9-16/h14-16,18-20,26,38-39H,5-13H2,1-4H3,(H,29,40)(H,30,41)(H,28,34,35)(H2,31,32,42)/t18-,19+,20-,26+/m0/s1. The number of urea groups is 1. The van der Waals surface area contributed by atoms with Crippen LogP contribution in [0.2, 0.25) is 0 Å². The molecule has 0 spiro atoms. The van der Waals surface area contributed by atoms with E-state index >= 15 is 0 Å². The Hall–Kier alpha value is -3.60. The van der Waals surface area contributed by atoms with Crippen molar-refractivity contribution in [1.82, 2.24) is 45.7 Å². The van der Waals surface area contributed by atoms with Gasteiger partial charge in [0.05, 0.1) is 6.33 Å². The van der Waals surface area contributed by atoms with Gasteiger partial charge in [0.1, 0.15) is 12.2 Å². The second-order valence-corrected chi connectivity index (χ2v) is 11.0. The summed E-state index contributed by atoms with van der Waals surface area (Å²) in [7, 11) is 1.61. The number of amides is 4. The number of imidazole rings is 1. The van der Waals surface area contributed by atoms with Crippen molar-refractivity contribution in [3.05, 3.63) is 12.2 Å². The zero-order chi connectivity index (χ0) is 31.1. The summed E-state index contributed by atoms with van der Waals surface area (Å²) in [6.45, 7) is 8.04. The number of nitrogens with zero attached hydrogens (tertiary/aromatic N) is 5. The van der Waals surface area contributed by atoms with Gasteiger partial charge in [-0.2, -0.15) is 0 Å². The largest absolute Gasteiger partial charge is 0.387 e. The fraction of sp³-hybridized carbons (Fsp3) is 0.704. The molecule has 0 radical (unpaired) electrons. The van der Waals surface area contributed by atoms with Crippen LogP contribution in [-0.4, -0.2) is 123 Å². The number of aromatic nitrogens is 4. The van der Waals surface area contributed by atoms with Crippen molar-refractivity contribution in [2.45, 2.75) is 83.1 Å². The first-order valence-corrected chi connectivity index (χ1v) is 14.9. The molecule has 2 aromatic heterocycles. The molecule has 16 heteroatoms. The number of hydrogen-bond acceptors (Lipinski definition) is 11. The fourth-order valence-corrected chi connectivity index (χ4v) is 5.65. The summed E-state index contributed by atoms with van der Waals surface area (Å²) in [5.74, 6) is -1.08. The molecule has 2 fully saturated rings. The molecule has 2 aliphatic rings. The van der Waals surface area contributed by atoms with E-state index in [1.54, 1.807) is 14.0 Å². The van der Waals surface area contributed by atoms with Crippen LogP contribution in [0.4, 0.5) is 10.6 Å². The minimum Gasteiger partial charge on any atom is -0.387 e. The van der Waals surface area contributed by atoms with Crippen LogP contribution in [0.3, 0.4) is 0 Å². The summed E-state index contributed by atoms with van der Waals surface area (Å²) in [5, 5.41) is 34.8. The molecule has 238 valence electrons. The van der Waals surface area contributed by atoms with Gasteiger partial charge in [-0.1, -0.05) is 12.8 Å². The number of rotatable bonds is 13. The van der Waals surface area contributed by atoms with E-state index in [2.05, 4.69) is 60.3 Å². The summed E-state index contributed by atoms with van der Waals surface area (Å²) in [6, 6.07) is 0.681. The molecule has 0 unspecified atom stereocenters. The van der Waals surface area contributed by atoms with Crippen LogP contribution in [0.1, 0.15) is 63.3 Å². The Morgan fingerprint density at radius 1 is 1.05 bits per heavy atom. The first-order chi connectivity index (χ1) is 20.7. The smallest absolute Gasteiger partial charge is 0.314 e. The zero-order valence-electron chi connectivity index (χ0n) is 25.2. The number of carbonyl (C=O) groups excluding carboxylic acids is 3. The number of aliphatic hydroxyl groups is 2. The third-order valence-corrected chi connectivity index (χ3v) is 7.79. The normalized spacial score (nSPS) is 22.3. The topological polar surface area (TPSA) is 208 Å². The molecule has 4 atom stereocenters. The Labute approximate surface area is 250 Å². The highest BCUT2D eigenvalue weighted by atomic mass is 16.6. The first-order valence-electron chi connectivity index (χ1n) is 14.9. The number of anilines is 1. The van der Waals surface area contributed by atoms with Crippen molar-refractivity contribution < 1.29 is 29.3 Å². The van der Waals surface area contributed by atoms with E-state index < -0.39 is 36.4 Å².